The van der Waals surface area contributed by atoms with Gasteiger partial charge in [0.1, 0.15) is 5.82 Å². The van der Waals surface area contributed by atoms with Gasteiger partial charge in [-0.15, -0.1) is 0 Å². The van der Waals surface area contributed by atoms with E-state index >= 15 is 0 Å². The average Bonchev–Trinajstić information content (AvgIpc) is 3.22. The van der Waals surface area contributed by atoms with Crippen molar-refractivity contribution in [2.75, 3.05) is 13.7 Å². The number of nitrogens with one attached hydrogen (secondary N) is 1. The van der Waals surface area contributed by atoms with E-state index in [9.17, 15) is 4.39 Å². The molecule has 0 radical (unpaired) electrons. The van der Waals surface area contributed by atoms with Gasteiger partial charge >= 0.3 is 0 Å². The molecule has 0 aromatic heterocycles. The van der Waals surface area contributed by atoms with Crippen molar-refractivity contribution in [1.29, 1.82) is 0 Å². The van der Waals surface area contributed by atoms with E-state index in [4.69, 9.17) is 4.74 Å². The van der Waals surface area contributed by atoms with Crippen LogP contribution >= 0.6 is 0 Å². The van der Waals surface area contributed by atoms with Crippen LogP contribution < -0.4 is 5.32 Å². The number of halogens is 1. The number of methoxy groups -OCH3 is 1. The third-order valence-electron chi connectivity index (χ3n) is 3.78. The highest BCUT2D eigenvalue weighted by Gasteiger charge is 2.22. The number of ether oxygens (including phenoxy) is 1. The summed E-state index contributed by atoms with van der Waals surface area (Å²) >= 11 is 0. The van der Waals surface area contributed by atoms with Gasteiger partial charge in [0.15, 0.2) is 0 Å². The summed E-state index contributed by atoms with van der Waals surface area (Å²) < 4.78 is 18.3. The van der Waals surface area contributed by atoms with Crippen molar-refractivity contribution < 1.29 is 9.13 Å². The van der Waals surface area contributed by atoms with Gasteiger partial charge in [0, 0.05) is 13.2 Å². The Bertz CT molecular complexity index is 375. The van der Waals surface area contributed by atoms with Gasteiger partial charge in [0.05, 0.1) is 6.10 Å². The van der Waals surface area contributed by atoms with Gasteiger partial charge < -0.3 is 10.1 Å². The molecule has 0 heterocycles. The van der Waals surface area contributed by atoms with Crippen LogP contribution in [0.3, 0.4) is 0 Å². The Morgan fingerprint density at radius 3 is 2.58 bits per heavy atom. The monoisotopic (exact) mass is 265 g/mol. The van der Waals surface area contributed by atoms with Crippen molar-refractivity contribution in [1.82, 2.24) is 5.32 Å². The van der Waals surface area contributed by atoms with Crippen molar-refractivity contribution in [3.8, 4) is 0 Å². The molecule has 1 aromatic carbocycles. The van der Waals surface area contributed by atoms with Crippen LogP contribution in [0.4, 0.5) is 4.39 Å². The van der Waals surface area contributed by atoms with Crippen molar-refractivity contribution >= 4 is 0 Å². The summed E-state index contributed by atoms with van der Waals surface area (Å²) in [6.45, 7) is 3.13. The summed E-state index contributed by atoms with van der Waals surface area (Å²) in [4.78, 5) is 0. The van der Waals surface area contributed by atoms with Crippen molar-refractivity contribution in [3.05, 3.63) is 35.6 Å². The van der Waals surface area contributed by atoms with Gasteiger partial charge in [-0.1, -0.05) is 12.1 Å². The van der Waals surface area contributed by atoms with Gasteiger partial charge in [-0.25, -0.2) is 4.39 Å². The Balaban J connectivity index is 1.88. The molecule has 2 unspecified atom stereocenters. The standard InChI is InChI=1S/C16H24FNO/c1-12(19-2)9-14(11-18-16-7-8-16)10-13-3-5-15(17)6-4-13/h3-6,12,14,16,18H,7-11H2,1-2H3. The Hall–Kier alpha value is -0.930. The lowest BCUT2D eigenvalue weighted by molar-refractivity contribution is 0.0945. The van der Waals surface area contributed by atoms with Gasteiger partial charge in [0.2, 0.25) is 0 Å². The van der Waals surface area contributed by atoms with Crippen LogP contribution in [0.2, 0.25) is 0 Å². The molecule has 1 aromatic rings. The molecule has 19 heavy (non-hydrogen) atoms. The zero-order valence-corrected chi connectivity index (χ0v) is 11.9. The highest BCUT2D eigenvalue weighted by atomic mass is 19.1. The second-order valence-electron chi connectivity index (χ2n) is 5.66. The predicted molar refractivity (Wildman–Crippen MR) is 75.7 cm³/mol. The minimum atomic E-state index is -0.165. The normalized spacial score (nSPS) is 18.3. The fourth-order valence-corrected chi connectivity index (χ4v) is 2.38. The van der Waals surface area contributed by atoms with E-state index in [1.807, 2.05) is 12.1 Å². The van der Waals surface area contributed by atoms with Crippen LogP contribution in [0.15, 0.2) is 24.3 Å². The molecule has 0 saturated heterocycles. The van der Waals surface area contributed by atoms with E-state index in [0.29, 0.717) is 5.92 Å². The minimum Gasteiger partial charge on any atom is -0.382 e. The molecule has 1 N–H and O–H groups in total. The van der Waals surface area contributed by atoms with Crippen LogP contribution in [0.5, 0.6) is 0 Å². The maximum absolute atomic E-state index is 12.9. The lowest BCUT2D eigenvalue weighted by Gasteiger charge is -2.21. The largest absolute Gasteiger partial charge is 0.382 e. The van der Waals surface area contributed by atoms with E-state index in [-0.39, 0.29) is 11.9 Å². The third kappa shape index (κ3) is 5.29. The SMILES string of the molecule is COC(C)CC(CNC1CC1)Cc1ccc(F)cc1. The first kappa shape index (κ1) is 14.5. The highest BCUT2D eigenvalue weighted by molar-refractivity contribution is 5.16. The van der Waals surface area contributed by atoms with E-state index < -0.39 is 0 Å². The Morgan fingerprint density at radius 1 is 1.32 bits per heavy atom. The van der Waals surface area contributed by atoms with E-state index in [1.165, 1.54) is 18.4 Å². The number of benzene rings is 1. The second kappa shape index (κ2) is 7.01. The topological polar surface area (TPSA) is 21.3 Å². The molecule has 2 atom stereocenters. The van der Waals surface area contributed by atoms with Crippen LogP contribution in [0, 0.1) is 11.7 Å². The van der Waals surface area contributed by atoms with Gasteiger partial charge in [0.25, 0.3) is 0 Å². The van der Waals surface area contributed by atoms with Crippen molar-refractivity contribution in [2.24, 2.45) is 5.92 Å². The summed E-state index contributed by atoms with van der Waals surface area (Å²) in [7, 11) is 1.76. The van der Waals surface area contributed by atoms with E-state index in [0.717, 1.165) is 25.4 Å². The summed E-state index contributed by atoms with van der Waals surface area (Å²) in [5.74, 6) is 0.377. The summed E-state index contributed by atoms with van der Waals surface area (Å²) in [6, 6.07) is 7.59. The maximum atomic E-state index is 12.9. The van der Waals surface area contributed by atoms with Gasteiger partial charge in [-0.2, -0.15) is 0 Å². The predicted octanol–water partition coefficient (Wildman–Crippen LogP) is 3.16. The van der Waals surface area contributed by atoms with Crippen LogP contribution in [-0.4, -0.2) is 25.8 Å². The van der Waals surface area contributed by atoms with Crippen molar-refractivity contribution in [3.63, 3.8) is 0 Å². The molecule has 3 heteroatoms. The molecule has 0 aliphatic heterocycles. The lowest BCUT2D eigenvalue weighted by atomic mass is 9.94. The molecule has 0 amide bonds. The van der Waals surface area contributed by atoms with E-state index in [2.05, 4.69) is 12.2 Å². The zero-order valence-electron chi connectivity index (χ0n) is 11.9. The zero-order chi connectivity index (χ0) is 13.7. The Morgan fingerprint density at radius 2 is 2.00 bits per heavy atom. The fraction of sp³-hybridized carbons (Fsp3) is 0.625. The molecular formula is C16H24FNO. The van der Waals surface area contributed by atoms with Crippen LogP contribution in [-0.2, 0) is 11.2 Å². The number of rotatable bonds is 8. The summed E-state index contributed by atoms with van der Waals surface area (Å²) in [6.07, 6.45) is 4.90. The smallest absolute Gasteiger partial charge is 0.123 e. The van der Waals surface area contributed by atoms with E-state index in [1.54, 1.807) is 19.2 Å². The molecule has 1 saturated carbocycles. The molecule has 2 nitrogen and oxygen atoms in total. The molecule has 106 valence electrons. The summed E-state index contributed by atoms with van der Waals surface area (Å²) in [5.41, 5.74) is 1.20. The van der Waals surface area contributed by atoms with Gasteiger partial charge in [-0.3, -0.25) is 0 Å². The van der Waals surface area contributed by atoms with Crippen LogP contribution in [0.25, 0.3) is 0 Å². The van der Waals surface area contributed by atoms with Crippen molar-refractivity contribution in [2.45, 2.75) is 44.8 Å². The third-order valence-corrected chi connectivity index (χ3v) is 3.78. The molecule has 1 fully saturated rings. The minimum absolute atomic E-state index is 0.165. The molecule has 2 rings (SSSR count). The van der Waals surface area contributed by atoms with Gasteiger partial charge in [-0.05, 0) is 62.8 Å². The lowest BCUT2D eigenvalue weighted by Crippen LogP contribution is -2.28. The number of hydrogen-bond donors (Lipinski definition) is 1. The molecule has 0 bridgehead atoms. The molecule has 0 spiro atoms. The first-order chi connectivity index (χ1) is 9.17. The average molecular weight is 265 g/mol. The Kier molecular flexibility index (Phi) is 5.34. The summed E-state index contributed by atoms with van der Waals surface area (Å²) in [5, 5.41) is 3.59. The first-order valence-corrected chi connectivity index (χ1v) is 7.18. The highest BCUT2D eigenvalue weighted by Crippen LogP contribution is 2.21. The second-order valence-corrected chi connectivity index (χ2v) is 5.66. The van der Waals surface area contributed by atoms with Crippen LogP contribution in [0.1, 0.15) is 31.7 Å². The quantitative estimate of drug-likeness (QED) is 0.779. The fourth-order valence-electron chi connectivity index (χ4n) is 2.38. The number of hydrogen-bond acceptors (Lipinski definition) is 2. The first-order valence-electron chi connectivity index (χ1n) is 7.18. The molecule has 1 aliphatic carbocycles. The molecule has 1 aliphatic rings. The Labute approximate surface area is 115 Å². The maximum Gasteiger partial charge on any atom is 0.123 e. The molecular weight excluding hydrogens is 241 g/mol.